The Hall–Kier alpha value is -2.18. The van der Waals surface area contributed by atoms with E-state index in [4.69, 9.17) is 0 Å². The Morgan fingerprint density at radius 3 is 2.18 bits per heavy atom. The minimum Gasteiger partial charge on any atom is -0.289 e. The van der Waals surface area contributed by atoms with Gasteiger partial charge in [0.25, 0.3) is 5.69 Å². The Labute approximate surface area is 93.5 Å². The van der Waals surface area contributed by atoms with E-state index < -0.39 is 16.9 Å². The highest BCUT2D eigenvalue weighted by Crippen LogP contribution is 2.17. The van der Waals surface area contributed by atoms with Crippen LogP contribution in [-0.4, -0.2) is 16.9 Å². The fraction of sp³-hybridized carbons (Fsp3) is 0.100. The monoisotopic (exact) mass is 245 g/mol. The SMILES string of the molecule is O=C(/C=C/C(F)(F)F)c1ccc([N+](=O)[O-])cc1. The van der Waals surface area contributed by atoms with E-state index in [1.807, 2.05) is 0 Å². The molecule has 1 aromatic rings. The van der Waals surface area contributed by atoms with Crippen molar-refractivity contribution in [1.29, 1.82) is 0 Å². The number of hydrogen-bond acceptors (Lipinski definition) is 3. The maximum Gasteiger partial charge on any atom is 0.409 e. The van der Waals surface area contributed by atoms with Crippen LogP contribution in [0, 0.1) is 10.1 Å². The highest BCUT2D eigenvalue weighted by Gasteiger charge is 2.22. The van der Waals surface area contributed by atoms with E-state index in [0.717, 1.165) is 24.3 Å². The second kappa shape index (κ2) is 4.77. The van der Waals surface area contributed by atoms with Crippen LogP contribution in [0.5, 0.6) is 0 Å². The summed E-state index contributed by atoms with van der Waals surface area (Å²) in [6.45, 7) is 0. The number of carbonyl (C=O) groups is 1. The van der Waals surface area contributed by atoms with Gasteiger partial charge in [-0.1, -0.05) is 0 Å². The van der Waals surface area contributed by atoms with E-state index in [1.54, 1.807) is 0 Å². The van der Waals surface area contributed by atoms with Gasteiger partial charge in [0.2, 0.25) is 0 Å². The smallest absolute Gasteiger partial charge is 0.289 e. The van der Waals surface area contributed by atoms with Gasteiger partial charge >= 0.3 is 6.18 Å². The van der Waals surface area contributed by atoms with Crippen LogP contribution >= 0.6 is 0 Å². The lowest BCUT2D eigenvalue weighted by molar-refractivity contribution is -0.384. The van der Waals surface area contributed by atoms with Crippen LogP contribution in [0.1, 0.15) is 10.4 Å². The fourth-order valence-electron chi connectivity index (χ4n) is 1.01. The Kier molecular flexibility index (Phi) is 3.62. The van der Waals surface area contributed by atoms with E-state index >= 15 is 0 Å². The number of nitro benzene ring substituents is 1. The molecule has 7 heteroatoms. The molecule has 0 unspecified atom stereocenters. The minimum absolute atomic E-state index is 0.0453. The third-order valence-corrected chi connectivity index (χ3v) is 1.79. The number of allylic oxidation sites excluding steroid dienone is 2. The van der Waals surface area contributed by atoms with Crippen LogP contribution < -0.4 is 0 Å². The van der Waals surface area contributed by atoms with Crippen LogP contribution in [0.3, 0.4) is 0 Å². The molecule has 0 aliphatic heterocycles. The van der Waals surface area contributed by atoms with Crippen molar-refractivity contribution in [3.8, 4) is 0 Å². The van der Waals surface area contributed by atoms with Crippen molar-refractivity contribution in [2.24, 2.45) is 0 Å². The Morgan fingerprint density at radius 2 is 1.76 bits per heavy atom. The molecule has 17 heavy (non-hydrogen) atoms. The molecular weight excluding hydrogens is 239 g/mol. The van der Waals surface area contributed by atoms with Crippen molar-refractivity contribution in [3.63, 3.8) is 0 Å². The number of alkyl halides is 3. The molecule has 0 N–H and O–H groups in total. The summed E-state index contributed by atoms with van der Waals surface area (Å²) in [6.07, 6.45) is -4.37. The molecule has 0 aromatic heterocycles. The summed E-state index contributed by atoms with van der Waals surface area (Å²) in [6, 6.07) is 4.30. The second-order valence-electron chi connectivity index (χ2n) is 3.04. The summed E-state index contributed by atoms with van der Waals surface area (Å²) in [5, 5.41) is 10.3. The molecule has 0 aliphatic rings. The fourth-order valence-corrected chi connectivity index (χ4v) is 1.01. The number of nitrogens with zero attached hydrogens (tertiary/aromatic N) is 1. The Balaban J connectivity index is 2.84. The molecule has 0 saturated carbocycles. The van der Waals surface area contributed by atoms with Crippen LogP contribution in [0.2, 0.25) is 0 Å². The first-order chi connectivity index (χ1) is 7.79. The van der Waals surface area contributed by atoms with Crippen molar-refractivity contribution in [3.05, 3.63) is 52.1 Å². The maximum absolute atomic E-state index is 11.8. The number of carbonyl (C=O) groups excluding carboxylic acids is 1. The van der Waals surface area contributed by atoms with Gasteiger partial charge in [0, 0.05) is 23.8 Å². The first-order valence-electron chi connectivity index (χ1n) is 4.34. The van der Waals surface area contributed by atoms with Crippen molar-refractivity contribution in [2.45, 2.75) is 6.18 Å². The predicted octanol–water partition coefficient (Wildman–Crippen LogP) is 2.90. The van der Waals surface area contributed by atoms with Crippen molar-refractivity contribution in [1.82, 2.24) is 0 Å². The lowest BCUT2D eigenvalue weighted by atomic mass is 10.1. The summed E-state index contributed by atoms with van der Waals surface area (Å²) >= 11 is 0. The molecule has 0 radical (unpaired) electrons. The van der Waals surface area contributed by atoms with Gasteiger partial charge in [0.15, 0.2) is 5.78 Å². The molecule has 90 valence electrons. The number of benzene rings is 1. The molecule has 1 rings (SSSR count). The number of halogens is 3. The highest BCUT2D eigenvalue weighted by atomic mass is 19.4. The van der Waals surface area contributed by atoms with Crippen LogP contribution in [-0.2, 0) is 0 Å². The average molecular weight is 245 g/mol. The second-order valence-corrected chi connectivity index (χ2v) is 3.04. The molecule has 0 atom stereocenters. The largest absolute Gasteiger partial charge is 0.409 e. The molecule has 1 aromatic carbocycles. The zero-order chi connectivity index (χ0) is 13.1. The molecule has 0 saturated heterocycles. The number of nitro groups is 1. The van der Waals surface area contributed by atoms with E-state index in [-0.39, 0.29) is 17.3 Å². The molecule has 0 fully saturated rings. The van der Waals surface area contributed by atoms with Gasteiger partial charge in [-0.3, -0.25) is 14.9 Å². The number of non-ortho nitro benzene ring substituents is 1. The maximum atomic E-state index is 11.8. The summed E-state index contributed by atoms with van der Waals surface area (Å²) < 4.78 is 35.3. The minimum atomic E-state index is -4.56. The van der Waals surface area contributed by atoms with Crippen LogP contribution in [0.4, 0.5) is 18.9 Å². The highest BCUT2D eigenvalue weighted by molar-refractivity contribution is 6.04. The molecule has 0 bridgehead atoms. The van der Waals surface area contributed by atoms with Gasteiger partial charge in [0.1, 0.15) is 0 Å². The van der Waals surface area contributed by atoms with Gasteiger partial charge in [0.05, 0.1) is 4.92 Å². The van der Waals surface area contributed by atoms with Gasteiger partial charge in [-0.25, -0.2) is 0 Å². The summed E-state index contributed by atoms with van der Waals surface area (Å²) in [4.78, 5) is 20.8. The quantitative estimate of drug-likeness (QED) is 0.356. The molecule has 0 aliphatic carbocycles. The predicted molar refractivity (Wildman–Crippen MR) is 52.6 cm³/mol. The molecule has 0 amide bonds. The molecule has 0 heterocycles. The average Bonchev–Trinajstić information content (AvgIpc) is 2.25. The first kappa shape index (κ1) is 12.9. The standard InChI is InChI=1S/C10H6F3NO3/c11-10(12,13)6-5-9(15)7-1-3-8(4-2-7)14(16)17/h1-6H/b6-5+. The number of rotatable bonds is 3. The first-order valence-corrected chi connectivity index (χ1v) is 4.34. The van der Waals surface area contributed by atoms with Gasteiger partial charge in [-0.2, -0.15) is 13.2 Å². The Bertz CT molecular complexity index is 463. The van der Waals surface area contributed by atoms with E-state index in [0.29, 0.717) is 6.08 Å². The van der Waals surface area contributed by atoms with Crippen LogP contribution in [0.25, 0.3) is 0 Å². The zero-order valence-electron chi connectivity index (χ0n) is 8.27. The topological polar surface area (TPSA) is 60.2 Å². The third kappa shape index (κ3) is 4.06. The van der Waals surface area contributed by atoms with E-state index in [1.165, 1.54) is 0 Å². The van der Waals surface area contributed by atoms with Crippen molar-refractivity contribution < 1.29 is 22.9 Å². The number of ketones is 1. The van der Waals surface area contributed by atoms with Gasteiger partial charge < -0.3 is 0 Å². The molecule has 0 spiro atoms. The molecule has 4 nitrogen and oxygen atoms in total. The Morgan fingerprint density at radius 1 is 1.24 bits per heavy atom. The molecular formula is C10H6F3NO3. The summed E-state index contributed by atoms with van der Waals surface area (Å²) in [5.74, 6) is -0.864. The lowest BCUT2D eigenvalue weighted by Gasteiger charge is -1.98. The van der Waals surface area contributed by atoms with Gasteiger partial charge in [-0.05, 0) is 18.2 Å². The summed E-state index contributed by atoms with van der Waals surface area (Å²) in [5.41, 5.74) is -0.280. The lowest BCUT2D eigenvalue weighted by Crippen LogP contribution is -2.03. The van der Waals surface area contributed by atoms with Crippen molar-refractivity contribution >= 4 is 11.5 Å². The normalized spacial score (nSPS) is 11.7. The van der Waals surface area contributed by atoms with E-state index in [9.17, 15) is 28.1 Å². The summed E-state index contributed by atoms with van der Waals surface area (Å²) in [7, 11) is 0. The third-order valence-electron chi connectivity index (χ3n) is 1.79. The van der Waals surface area contributed by atoms with Crippen molar-refractivity contribution in [2.75, 3.05) is 0 Å². The zero-order valence-corrected chi connectivity index (χ0v) is 8.27. The van der Waals surface area contributed by atoms with Gasteiger partial charge in [-0.15, -0.1) is 0 Å². The van der Waals surface area contributed by atoms with E-state index in [2.05, 4.69) is 0 Å². The number of hydrogen-bond donors (Lipinski definition) is 0. The van der Waals surface area contributed by atoms with Crippen LogP contribution in [0.15, 0.2) is 36.4 Å².